The summed E-state index contributed by atoms with van der Waals surface area (Å²) in [4.78, 5) is 110. The van der Waals surface area contributed by atoms with Gasteiger partial charge in [-0.2, -0.15) is 5.10 Å². The molecule has 472 valence electrons. The minimum atomic E-state index is -1.13. The number of piperazine rings is 1. The minimum absolute atomic E-state index is 0.0196. The number of aryl methyl sites for hydroxylation is 1. The van der Waals surface area contributed by atoms with E-state index in [0.717, 1.165) is 28.6 Å². The number of imide groups is 1. The Morgan fingerprint density at radius 3 is 2.49 bits per heavy atom. The van der Waals surface area contributed by atoms with Crippen LogP contribution in [-0.2, 0) is 51.1 Å². The number of piperidine rings is 2. The Morgan fingerprint density at radius 1 is 0.889 bits per heavy atom. The molecule has 27 heteroatoms. The smallest absolute Gasteiger partial charge is 0.355 e. The number of hydrazone groups is 1. The van der Waals surface area contributed by atoms with Gasteiger partial charge in [0.15, 0.2) is 27.5 Å². The minimum Gasteiger partial charge on any atom is -0.491 e. The molecule has 0 saturated carbocycles. The van der Waals surface area contributed by atoms with Gasteiger partial charge in [-0.1, -0.05) is 53.5 Å². The molecule has 5 aromatic rings. The van der Waals surface area contributed by atoms with E-state index < -0.39 is 29.6 Å². The molecule has 24 nitrogen and oxygen atoms in total. The number of nitrogens with two attached hydrogens (primary N) is 1. The third-order valence-corrected chi connectivity index (χ3v) is 17.9. The number of para-hydroxylation sites is 1. The molecule has 2 atom stereocenters. The van der Waals surface area contributed by atoms with Gasteiger partial charge in [0.05, 0.1) is 56.4 Å². The lowest BCUT2D eigenvalue weighted by Crippen LogP contribution is -2.52. The standard InChI is InChI=1S/C63H69FN12O12S2/c64-47-34-40(17-19-51(47)88-29-7-15-53-57(61(83)84)70-63(90-53)75-24-21-41-9-3-10-43(45(41)36-75)58(80)71-62-68-49-12-1-2-14-52(49)89-62)8-6-23-73-25-27-74(28-26-73)56(79)16-5-22-66-35-42(72-65)38-86-32-30-85-31-33-87-39-55(78)67-48-13-4-11-44-46(48)37-76(60(44)82)50-18-20-54(77)69-59(50)81/h1-4,10-14,17,19,34-35,41,50H,5,7,9,15-16,18,20-33,36-39,65H2,(H,67,78)(H,83,84)(H,68,71,80)(H,69,77,81). The highest BCUT2D eigenvalue weighted by Gasteiger charge is 2.40. The SMILES string of the molecule is NN=C(C=NCCCC(=O)N1CCN(CC#Cc2ccc(OCCCc3sc(N4CCC5CC=CC(C(=O)Nc6nc7ccccc7s6)=C5C4)nc3C(=O)O)c(F)c2)CC1)COCCOCCOCC(=O)Nc1cccc2c1CN(C1CCC(=O)NC1=O)C2=O. The highest BCUT2D eigenvalue weighted by molar-refractivity contribution is 7.22. The summed E-state index contributed by atoms with van der Waals surface area (Å²) in [7, 11) is 0. The third kappa shape index (κ3) is 16.7. The molecule has 6 N–H and O–H groups in total. The Bertz CT molecular complexity index is 3660. The van der Waals surface area contributed by atoms with Gasteiger partial charge in [-0.05, 0) is 92.5 Å². The average Bonchev–Trinajstić information content (AvgIpc) is 1.70. The number of hydrogen-bond acceptors (Lipinski definition) is 20. The van der Waals surface area contributed by atoms with Crippen LogP contribution in [0, 0.1) is 23.6 Å². The van der Waals surface area contributed by atoms with E-state index in [2.05, 4.69) is 52.8 Å². The summed E-state index contributed by atoms with van der Waals surface area (Å²) in [5.74, 6) is 8.44. The number of nitrogens with one attached hydrogen (secondary N) is 3. The Balaban J connectivity index is 0.558. The van der Waals surface area contributed by atoms with E-state index in [1.807, 2.05) is 46.2 Å². The highest BCUT2D eigenvalue weighted by Crippen LogP contribution is 2.38. The number of aromatic carboxylic acids is 1. The number of hydrogen-bond donors (Lipinski definition) is 5. The quantitative estimate of drug-likeness (QED) is 0.0109. The van der Waals surface area contributed by atoms with Crippen molar-refractivity contribution in [1.29, 1.82) is 0 Å². The van der Waals surface area contributed by atoms with Crippen molar-refractivity contribution in [3.8, 4) is 17.6 Å². The fraction of sp³-hybridized carbons (Fsp3) is 0.413. The number of ether oxygens (including phenoxy) is 4. The number of thiazole rings is 2. The molecule has 10 rings (SSSR count). The second-order valence-corrected chi connectivity index (χ2v) is 23.9. The number of anilines is 3. The summed E-state index contributed by atoms with van der Waals surface area (Å²) in [5, 5.41) is 23.0. The number of aliphatic imine (C=N–C) groups is 1. The number of amides is 6. The summed E-state index contributed by atoms with van der Waals surface area (Å²) in [6.45, 7) is 5.33. The fourth-order valence-corrected chi connectivity index (χ4v) is 13.0. The second-order valence-electron chi connectivity index (χ2n) is 21.8. The predicted molar refractivity (Wildman–Crippen MR) is 336 cm³/mol. The van der Waals surface area contributed by atoms with Gasteiger partial charge < -0.3 is 49.9 Å². The maximum Gasteiger partial charge on any atom is 0.355 e. The fourth-order valence-electron chi connectivity index (χ4n) is 11.1. The first-order chi connectivity index (χ1) is 43.8. The number of benzene rings is 3. The van der Waals surface area contributed by atoms with Gasteiger partial charge >= 0.3 is 5.97 Å². The lowest BCUT2D eigenvalue weighted by atomic mass is 9.81. The van der Waals surface area contributed by atoms with Crippen LogP contribution in [0.3, 0.4) is 0 Å². The zero-order valence-electron chi connectivity index (χ0n) is 49.4. The molecular weight excluding hydrogens is 1200 g/mol. The molecule has 2 unspecified atom stereocenters. The molecule has 6 amide bonds. The molecule has 3 fully saturated rings. The largest absolute Gasteiger partial charge is 0.491 e. The summed E-state index contributed by atoms with van der Waals surface area (Å²) in [6, 6.07) is 16.5. The third-order valence-electron chi connectivity index (χ3n) is 15.7. The van der Waals surface area contributed by atoms with E-state index in [0.29, 0.717) is 127 Å². The van der Waals surface area contributed by atoms with Crippen LogP contribution in [0.5, 0.6) is 5.75 Å². The van der Waals surface area contributed by atoms with Crippen LogP contribution in [0.2, 0.25) is 0 Å². The van der Waals surface area contributed by atoms with Crippen LogP contribution in [0.1, 0.15) is 81.8 Å². The van der Waals surface area contributed by atoms with Gasteiger partial charge in [0.1, 0.15) is 18.4 Å². The van der Waals surface area contributed by atoms with E-state index in [1.54, 1.807) is 24.3 Å². The maximum absolute atomic E-state index is 15.2. The van der Waals surface area contributed by atoms with Gasteiger partial charge in [-0.25, -0.2) is 19.2 Å². The molecule has 3 aromatic carbocycles. The van der Waals surface area contributed by atoms with Crippen molar-refractivity contribution in [3.05, 3.63) is 117 Å². The van der Waals surface area contributed by atoms with Gasteiger partial charge in [-0.3, -0.25) is 49.3 Å². The second kappa shape index (κ2) is 31.1. The molecule has 1 aliphatic carbocycles. The molecule has 3 saturated heterocycles. The predicted octanol–water partition coefficient (Wildman–Crippen LogP) is 5.43. The lowest BCUT2D eigenvalue weighted by molar-refractivity contribution is -0.137. The maximum atomic E-state index is 15.2. The topological polar surface area (TPSA) is 302 Å². The summed E-state index contributed by atoms with van der Waals surface area (Å²) >= 11 is 2.74. The van der Waals surface area contributed by atoms with Crippen molar-refractivity contribution in [2.24, 2.45) is 21.9 Å². The number of carbonyl (C=O) groups is 7. The molecule has 5 aliphatic rings. The van der Waals surface area contributed by atoms with Crippen molar-refractivity contribution in [3.63, 3.8) is 0 Å². The van der Waals surface area contributed by atoms with Gasteiger partial charge in [0.25, 0.3) is 11.8 Å². The first kappa shape index (κ1) is 64.2. The van der Waals surface area contributed by atoms with Crippen LogP contribution in [0.4, 0.5) is 20.3 Å². The molecule has 0 bridgehead atoms. The van der Waals surface area contributed by atoms with Crippen LogP contribution < -0.4 is 31.4 Å². The van der Waals surface area contributed by atoms with Gasteiger partial charge in [0, 0.05) is 104 Å². The Hall–Kier alpha value is -8.78. The Kier molecular flexibility index (Phi) is 22.2. The van der Waals surface area contributed by atoms with E-state index in [4.69, 9.17) is 24.8 Å². The summed E-state index contributed by atoms with van der Waals surface area (Å²) in [6.07, 6.45) is 9.07. The van der Waals surface area contributed by atoms with E-state index in [9.17, 15) is 38.7 Å². The highest BCUT2D eigenvalue weighted by atomic mass is 32.1. The summed E-state index contributed by atoms with van der Waals surface area (Å²) < 4.78 is 38.6. The molecule has 6 heterocycles. The van der Waals surface area contributed by atoms with E-state index >= 15 is 4.39 Å². The number of halogens is 1. The zero-order chi connectivity index (χ0) is 62.9. The first-order valence-corrected chi connectivity index (χ1v) is 31.4. The molecule has 90 heavy (non-hydrogen) atoms. The first-order valence-electron chi connectivity index (χ1n) is 29.8. The van der Waals surface area contributed by atoms with Crippen molar-refractivity contribution in [1.82, 2.24) is 30.0 Å². The molecule has 0 radical (unpaired) electrons. The van der Waals surface area contributed by atoms with Gasteiger partial charge in [-0.15, -0.1) is 11.3 Å². The van der Waals surface area contributed by atoms with E-state index in [1.165, 1.54) is 45.9 Å². The number of fused-ring (bicyclic) bond motifs is 3. The Labute approximate surface area is 526 Å². The molecule has 2 aromatic heterocycles. The van der Waals surface area contributed by atoms with E-state index in [-0.39, 0.29) is 107 Å². The van der Waals surface area contributed by atoms with Crippen LogP contribution >= 0.6 is 22.7 Å². The number of carbonyl (C=O) groups excluding carboxylic acids is 6. The number of carboxylic acid groups (broad SMARTS) is 1. The molecular formula is C63H69FN12O12S2. The average molecular weight is 1270 g/mol. The van der Waals surface area contributed by atoms with Crippen molar-refractivity contribution in [2.75, 3.05) is 114 Å². The number of allylic oxidation sites excluding steroid dienone is 1. The number of nitrogens with zero attached hydrogens (tertiary/aromatic N) is 8. The number of aromatic nitrogens is 2. The van der Waals surface area contributed by atoms with Gasteiger partial charge in [0.2, 0.25) is 23.6 Å². The van der Waals surface area contributed by atoms with Crippen molar-refractivity contribution < 1.29 is 62.0 Å². The Morgan fingerprint density at radius 2 is 1.70 bits per heavy atom. The van der Waals surface area contributed by atoms with Crippen LogP contribution in [-0.4, -0.2) is 188 Å². The zero-order valence-corrected chi connectivity index (χ0v) is 51.1. The number of rotatable bonds is 27. The summed E-state index contributed by atoms with van der Waals surface area (Å²) in [5.41, 5.74) is 4.72. The monoisotopic (exact) mass is 1270 g/mol. The lowest BCUT2D eigenvalue weighted by Gasteiger charge is -2.36. The van der Waals surface area contributed by atoms with Crippen LogP contribution in [0.25, 0.3) is 10.2 Å². The normalized spacial score (nSPS) is 17.8. The number of carboxylic acids is 1. The van der Waals surface area contributed by atoms with Crippen LogP contribution in [0.15, 0.2) is 94.1 Å². The van der Waals surface area contributed by atoms with Crippen molar-refractivity contribution in [2.45, 2.75) is 64.0 Å². The van der Waals surface area contributed by atoms with Crippen molar-refractivity contribution >= 4 is 102 Å². The molecule has 4 aliphatic heterocycles. The molecule has 0 spiro atoms.